The lowest BCUT2D eigenvalue weighted by molar-refractivity contribution is 0.0694. The number of ether oxygens (including phenoxy) is 2. The molecule has 114 valence electrons. The van der Waals surface area contributed by atoms with Crippen molar-refractivity contribution in [3.63, 3.8) is 0 Å². The highest BCUT2D eigenvalue weighted by Gasteiger charge is 2.12. The van der Waals surface area contributed by atoms with E-state index in [1.807, 2.05) is 24.1 Å². The number of hydrogen-bond donors (Lipinski definition) is 2. The molecule has 0 saturated carbocycles. The SMILES string of the molecule is COCCNCc1cccnc1N(C)CC(O)COC. The van der Waals surface area contributed by atoms with E-state index >= 15 is 0 Å². The van der Waals surface area contributed by atoms with Gasteiger partial charge in [-0.3, -0.25) is 0 Å². The largest absolute Gasteiger partial charge is 0.389 e. The van der Waals surface area contributed by atoms with Gasteiger partial charge in [-0.25, -0.2) is 4.98 Å². The molecule has 1 aromatic heterocycles. The highest BCUT2D eigenvalue weighted by atomic mass is 16.5. The molecule has 0 aliphatic carbocycles. The third kappa shape index (κ3) is 5.83. The molecule has 0 radical (unpaired) electrons. The minimum absolute atomic E-state index is 0.318. The molecule has 0 fully saturated rings. The number of rotatable bonds is 10. The van der Waals surface area contributed by atoms with Gasteiger partial charge in [0.15, 0.2) is 0 Å². The predicted octanol–water partition coefficient (Wildman–Crippen LogP) is 0.261. The molecule has 20 heavy (non-hydrogen) atoms. The summed E-state index contributed by atoms with van der Waals surface area (Å²) in [5.74, 6) is 0.868. The van der Waals surface area contributed by atoms with Gasteiger partial charge in [-0.2, -0.15) is 0 Å². The minimum atomic E-state index is -0.527. The molecule has 0 bridgehead atoms. The summed E-state index contributed by atoms with van der Waals surface area (Å²) in [7, 11) is 5.18. The van der Waals surface area contributed by atoms with Crippen LogP contribution in [0, 0.1) is 0 Å². The predicted molar refractivity (Wildman–Crippen MR) is 79.0 cm³/mol. The van der Waals surface area contributed by atoms with Gasteiger partial charge in [0.1, 0.15) is 5.82 Å². The van der Waals surface area contributed by atoms with Crippen molar-refractivity contribution in [2.75, 3.05) is 52.5 Å². The van der Waals surface area contributed by atoms with E-state index in [9.17, 15) is 5.11 Å². The van der Waals surface area contributed by atoms with Crippen LogP contribution in [0.2, 0.25) is 0 Å². The molecule has 1 unspecified atom stereocenters. The Kier molecular flexibility index (Phi) is 8.13. The van der Waals surface area contributed by atoms with Gasteiger partial charge in [-0.1, -0.05) is 6.07 Å². The number of pyridine rings is 1. The van der Waals surface area contributed by atoms with E-state index in [1.165, 1.54) is 0 Å². The van der Waals surface area contributed by atoms with E-state index in [0.29, 0.717) is 19.8 Å². The summed E-state index contributed by atoms with van der Waals surface area (Å²) in [6.45, 7) is 2.99. The monoisotopic (exact) mass is 283 g/mol. The summed E-state index contributed by atoms with van der Waals surface area (Å²) >= 11 is 0. The third-order valence-electron chi connectivity index (χ3n) is 2.87. The van der Waals surface area contributed by atoms with Gasteiger partial charge >= 0.3 is 0 Å². The van der Waals surface area contributed by atoms with Crippen LogP contribution in [0.1, 0.15) is 5.56 Å². The summed E-state index contributed by atoms with van der Waals surface area (Å²) in [6.07, 6.45) is 1.23. The quantitative estimate of drug-likeness (QED) is 0.601. The van der Waals surface area contributed by atoms with Crippen LogP contribution in [0.5, 0.6) is 0 Å². The molecule has 6 nitrogen and oxygen atoms in total. The third-order valence-corrected chi connectivity index (χ3v) is 2.87. The number of nitrogens with zero attached hydrogens (tertiary/aromatic N) is 2. The lowest BCUT2D eigenvalue weighted by Gasteiger charge is -2.23. The Morgan fingerprint density at radius 1 is 1.40 bits per heavy atom. The van der Waals surface area contributed by atoms with E-state index in [2.05, 4.69) is 10.3 Å². The molecular formula is C14H25N3O3. The fraction of sp³-hybridized carbons (Fsp3) is 0.643. The second kappa shape index (κ2) is 9.66. The summed E-state index contributed by atoms with van der Waals surface area (Å²) < 4.78 is 9.94. The van der Waals surface area contributed by atoms with Crippen molar-refractivity contribution in [2.24, 2.45) is 0 Å². The van der Waals surface area contributed by atoms with Gasteiger partial charge < -0.3 is 24.8 Å². The second-order valence-electron chi connectivity index (χ2n) is 4.65. The van der Waals surface area contributed by atoms with Crippen LogP contribution in [0.25, 0.3) is 0 Å². The van der Waals surface area contributed by atoms with Crippen LogP contribution in [-0.2, 0) is 16.0 Å². The molecule has 1 atom stereocenters. The van der Waals surface area contributed by atoms with E-state index in [4.69, 9.17) is 9.47 Å². The maximum atomic E-state index is 9.79. The fourth-order valence-electron chi connectivity index (χ4n) is 1.96. The zero-order chi connectivity index (χ0) is 14.8. The van der Waals surface area contributed by atoms with Gasteiger partial charge in [0.25, 0.3) is 0 Å². The molecule has 6 heteroatoms. The van der Waals surface area contributed by atoms with Crippen molar-refractivity contribution in [1.29, 1.82) is 0 Å². The first-order valence-corrected chi connectivity index (χ1v) is 6.70. The molecule has 0 saturated heterocycles. The number of aliphatic hydroxyl groups excluding tert-OH is 1. The van der Waals surface area contributed by atoms with Crippen molar-refractivity contribution in [1.82, 2.24) is 10.3 Å². The summed E-state index contributed by atoms with van der Waals surface area (Å²) in [5.41, 5.74) is 1.09. The van der Waals surface area contributed by atoms with Crippen LogP contribution >= 0.6 is 0 Å². The first-order valence-electron chi connectivity index (χ1n) is 6.70. The number of aliphatic hydroxyl groups is 1. The van der Waals surface area contributed by atoms with E-state index in [1.54, 1.807) is 20.4 Å². The fourth-order valence-corrected chi connectivity index (χ4v) is 1.96. The number of nitrogens with one attached hydrogen (secondary N) is 1. The van der Waals surface area contributed by atoms with Crippen molar-refractivity contribution >= 4 is 5.82 Å². The standard InChI is InChI=1S/C14H25N3O3/c1-17(10-13(18)11-20-3)14-12(5-4-6-16-14)9-15-7-8-19-2/h4-6,13,15,18H,7-11H2,1-3H3. The van der Waals surface area contributed by atoms with E-state index in [-0.39, 0.29) is 0 Å². The zero-order valence-electron chi connectivity index (χ0n) is 12.5. The normalized spacial score (nSPS) is 12.4. The molecule has 2 N–H and O–H groups in total. The first kappa shape index (κ1) is 16.8. The second-order valence-corrected chi connectivity index (χ2v) is 4.65. The Morgan fingerprint density at radius 3 is 2.90 bits per heavy atom. The number of methoxy groups -OCH3 is 2. The van der Waals surface area contributed by atoms with Crippen molar-refractivity contribution in [2.45, 2.75) is 12.6 Å². The van der Waals surface area contributed by atoms with Gasteiger partial charge in [0.2, 0.25) is 0 Å². The molecule has 1 heterocycles. The topological polar surface area (TPSA) is 66.9 Å². The number of likely N-dealkylation sites (N-methyl/N-ethyl adjacent to an activating group) is 1. The average molecular weight is 283 g/mol. The lowest BCUT2D eigenvalue weighted by Crippen LogP contribution is -2.33. The van der Waals surface area contributed by atoms with Crippen molar-refractivity contribution < 1.29 is 14.6 Å². The lowest BCUT2D eigenvalue weighted by atomic mass is 10.2. The summed E-state index contributed by atoms with van der Waals surface area (Å²) in [4.78, 5) is 6.33. The molecule has 0 spiro atoms. The zero-order valence-corrected chi connectivity index (χ0v) is 12.5. The Balaban J connectivity index is 2.59. The molecule has 0 aliphatic rings. The highest BCUT2D eigenvalue weighted by molar-refractivity contribution is 5.46. The molecule has 0 amide bonds. The summed E-state index contributed by atoms with van der Waals surface area (Å²) in [6, 6.07) is 3.94. The average Bonchev–Trinajstić information content (AvgIpc) is 2.44. The van der Waals surface area contributed by atoms with Crippen LogP contribution in [0.4, 0.5) is 5.82 Å². The van der Waals surface area contributed by atoms with Crippen LogP contribution in [-0.4, -0.2) is 63.8 Å². The van der Waals surface area contributed by atoms with Gasteiger partial charge in [-0.15, -0.1) is 0 Å². The molecule has 1 aromatic rings. The molecular weight excluding hydrogens is 258 g/mol. The minimum Gasteiger partial charge on any atom is -0.389 e. The van der Waals surface area contributed by atoms with Crippen molar-refractivity contribution in [3.05, 3.63) is 23.9 Å². The Bertz CT molecular complexity index is 376. The van der Waals surface area contributed by atoms with E-state index in [0.717, 1.165) is 24.5 Å². The van der Waals surface area contributed by atoms with Gasteiger partial charge in [0.05, 0.1) is 19.3 Å². The maximum absolute atomic E-state index is 9.79. The maximum Gasteiger partial charge on any atom is 0.132 e. The van der Waals surface area contributed by atoms with Gasteiger partial charge in [-0.05, 0) is 6.07 Å². The first-order chi connectivity index (χ1) is 9.69. The van der Waals surface area contributed by atoms with E-state index < -0.39 is 6.10 Å². The molecule has 0 aromatic carbocycles. The number of hydrogen-bond acceptors (Lipinski definition) is 6. The molecule has 0 aliphatic heterocycles. The van der Waals surface area contributed by atoms with Crippen LogP contribution < -0.4 is 10.2 Å². The summed E-state index contributed by atoms with van der Waals surface area (Å²) in [5, 5.41) is 13.1. The Morgan fingerprint density at radius 2 is 2.20 bits per heavy atom. The van der Waals surface area contributed by atoms with Crippen LogP contribution in [0.15, 0.2) is 18.3 Å². The highest BCUT2D eigenvalue weighted by Crippen LogP contribution is 2.15. The number of aromatic nitrogens is 1. The molecule has 1 rings (SSSR count). The Labute approximate surface area is 120 Å². The smallest absolute Gasteiger partial charge is 0.132 e. The Hall–Kier alpha value is -1.21. The van der Waals surface area contributed by atoms with Crippen LogP contribution in [0.3, 0.4) is 0 Å². The van der Waals surface area contributed by atoms with Crippen molar-refractivity contribution in [3.8, 4) is 0 Å². The van der Waals surface area contributed by atoms with Gasteiger partial charge in [0, 0.05) is 52.7 Å². The number of anilines is 1.